The first-order valence-electron chi connectivity index (χ1n) is 5.03. The summed E-state index contributed by atoms with van der Waals surface area (Å²) in [4.78, 5) is 2.35. The fourth-order valence-corrected chi connectivity index (χ4v) is 1.73. The molecule has 2 nitrogen and oxygen atoms in total. The first-order valence-corrected chi connectivity index (χ1v) is 5.03. The highest BCUT2D eigenvalue weighted by Gasteiger charge is 2.13. The van der Waals surface area contributed by atoms with Crippen LogP contribution in [-0.4, -0.2) is 37.7 Å². The lowest BCUT2D eigenvalue weighted by molar-refractivity contribution is 0.0420. The molecule has 2 rings (SSSR count). The molecule has 0 saturated carbocycles. The summed E-state index contributed by atoms with van der Waals surface area (Å²) in [6.07, 6.45) is 5.82. The van der Waals surface area contributed by atoms with Crippen molar-refractivity contribution in [1.29, 1.82) is 0 Å². The number of morpholine rings is 1. The van der Waals surface area contributed by atoms with Crippen LogP contribution in [0.2, 0.25) is 0 Å². The van der Waals surface area contributed by atoms with Crippen LogP contribution >= 0.6 is 0 Å². The van der Waals surface area contributed by atoms with Crippen molar-refractivity contribution < 1.29 is 9.13 Å². The molecular weight excluding hydrogens is 181 g/mol. The lowest BCUT2D eigenvalue weighted by Gasteiger charge is -2.27. The molecule has 2 aliphatic rings. The summed E-state index contributed by atoms with van der Waals surface area (Å²) < 4.78 is 17.9. The molecule has 3 heteroatoms. The molecule has 0 bridgehead atoms. The molecule has 0 unspecified atom stereocenters. The Bertz CT molecular complexity index is 254. The van der Waals surface area contributed by atoms with Crippen LogP contribution in [0.15, 0.2) is 23.6 Å². The van der Waals surface area contributed by atoms with Gasteiger partial charge >= 0.3 is 0 Å². The van der Waals surface area contributed by atoms with E-state index in [2.05, 4.69) is 4.90 Å². The van der Waals surface area contributed by atoms with Gasteiger partial charge in [-0.1, -0.05) is 11.6 Å². The van der Waals surface area contributed by atoms with E-state index in [-0.39, 0.29) is 5.83 Å². The summed E-state index contributed by atoms with van der Waals surface area (Å²) in [5, 5.41) is 0. The zero-order valence-electron chi connectivity index (χ0n) is 8.21. The van der Waals surface area contributed by atoms with Gasteiger partial charge in [0.15, 0.2) is 0 Å². The van der Waals surface area contributed by atoms with Crippen LogP contribution in [0.4, 0.5) is 4.39 Å². The van der Waals surface area contributed by atoms with Gasteiger partial charge in [0.2, 0.25) is 0 Å². The molecule has 0 N–H and O–H groups in total. The summed E-state index contributed by atoms with van der Waals surface area (Å²) >= 11 is 0. The topological polar surface area (TPSA) is 12.5 Å². The Kier molecular flexibility index (Phi) is 3.32. The molecule has 77 valence electrons. The van der Waals surface area contributed by atoms with Gasteiger partial charge in [-0.15, -0.1) is 0 Å². The number of halogens is 1. The van der Waals surface area contributed by atoms with Gasteiger partial charge < -0.3 is 4.74 Å². The van der Waals surface area contributed by atoms with Crippen molar-refractivity contribution in [3.05, 3.63) is 30.0 Å². The lowest BCUT2D eigenvalue weighted by Crippen LogP contribution is -2.37. The van der Waals surface area contributed by atoms with Crippen LogP contribution in [0.25, 0.3) is 0 Å². The number of allylic oxidation sites excluding steroid dienone is 3. The Morgan fingerprint density at radius 3 is 2.71 bits per heavy atom. The summed E-state index contributed by atoms with van der Waals surface area (Å²) in [5.74, 6) is -0.115. The minimum atomic E-state index is -0.115. The van der Waals surface area contributed by atoms with Crippen molar-refractivity contribution >= 4 is 0 Å². The van der Waals surface area contributed by atoms with Gasteiger partial charge in [0.25, 0.3) is 0 Å². The Morgan fingerprint density at radius 2 is 2.07 bits per heavy atom. The Morgan fingerprint density at radius 1 is 1.29 bits per heavy atom. The average molecular weight is 196 g/mol. The summed E-state index contributed by atoms with van der Waals surface area (Å²) in [6, 6.07) is 0. The molecule has 1 fully saturated rings. The lowest BCUT2D eigenvalue weighted by atomic mass is 10.0. The van der Waals surface area contributed by atoms with E-state index in [1.807, 2.05) is 6.08 Å². The van der Waals surface area contributed by atoms with Crippen LogP contribution in [0.1, 0.15) is 6.42 Å². The van der Waals surface area contributed by atoms with E-state index in [4.69, 9.17) is 4.74 Å². The third-order valence-corrected chi connectivity index (χ3v) is 2.57. The van der Waals surface area contributed by atoms with Gasteiger partial charge in [0.1, 0.15) is 5.83 Å². The minimum Gasteiger partial charge on any atom is -0.379 e. The highest BCUT2D eigenvalue weighted by Crippen LogP contribution is 2.18. The molecule has 0 aromatic rings. The molecule has 0 spiro atoms. The van der Waals surface area contributed by atoms with Gasteiger partial charge in [0, 0.05) is 26.1 Å². The first-order chi connectivity index (χ1) is 6.84. The molecule has 0 amide bonds. The second-order valence-electron chi connectivity index (χ2n) is 3.67. The van der Waals surface area contributed by atoms with E-state index in [0.29, 0.717) is 0 Å². The predicted molar refractivity (Wildman–Crippen MR) is 53.5 cm³/mol. The second kappa shape index (κ2) is 4.71. The van der Waals surface area contributed by atoms with E-state index in [1.165, 1.54) is 5.57 Å². The second-order valence-corrected chi connectivity index (χ2v) is 3.67. The maximum Gasteiger partial charge on any atom is 0.104 e. The fraction of sp³-hybridized carbons (Fsp3) is 0.545. The molecule has 1 saturated heterocycles. The summed E-state index contributed by atoms with van der Waals surface area (Å²) in [5.41, 5.74) is 1.29. The Balaban J connectivity index is 1.84. The number of ether oxygens (including phenoxy) is 1. The van der Waals surface area contributed by atoms with Gasteiger partial charge in [-0.25, -0.2) is 4.39 Å². The van der Waals surface area contributed by atoms with E-state index in [1.54, 1.807) is 12.5 Å². The predicted octanol–water partition coefficient (Wildman–Crippen LogP) is 1.71. The molecule has 1 aliphatic carbocycles. The van der Waals surface area contributed by atoms with Crippen molar-refractivity contribution in [3.63, 3.8) is 0 Å². The highest BCUT2D eigenvalue weighted by molar-refractivity contribution is 5.27. The van der Waals surface area contributed by atoms with E-state index >= 15 is 0 Å². The number of hydrogen-bond acceptors (Lipinski definition) is 2. The van der Waals surface area contributed by atoms with E-state index in [0.717, 1.165) is 39.3 Å². The molecule has 0 aromatic carbocycles. The van der Waals surface area contributed by atoms with Crippen molar-refractivity contribution in [2.45, 2.75) is 6.42 Å². The van der Waals surface area contributed by atoms with Crippen molar-refractivity contribution in [1.82, 2.24) is 4.90 Å². The van der Waals surface area contributed by atoms with Crippen molar-refractivity contribution in [2.24, 2.45) is 0 Å². The molecule has 1 aliphatic heterocycles. The quantitative estimate of drug-likeness (QED) is 0.666. The summed E-state index contributed by atoms with van der Waals surface area (Å²) in [7, 11) is 0. The molecule has 0 atom stereocenters. The van der Waals surface area contributed by atoms with E-state index in [9.17, 15) is 4.39 Å². The van der Waals surface area contributed by atoms with Crippen LogP contribution in [0, 0.1) is 6.42 Å². The zero-order chi connectivity index (χ0) is 9.80. The molecular formula is C11H15FNO. The number of hydrogen-bond donors (Lipinski definition) is 0. The molecule has 1 heterocycles. The SMILES string of the molecule is FC1=CC=C(CN2CCOCC2)C[CH]1. The third-order valence-electron chi connectivity index (χ3n) is 2.57. The fourth-order valence-electron chi connectivity index (χ4n) is 1.73. The van der Waals surface area contributed by atoms with Crippen LogP contribution < -0.4 is 0 Å². The maximum absolute atomic E-state index is 12.7. The first kappa shape index (κ1) is 9.87. The van der Waals surface area contributed by atoms with E-state index < -0.39 is 0 Å². The standard InChI is InChI=1S/C11H15FNO/c12-11-3-1-10(2-4-11)9-13-5-7-14-8-6-13/h1,3-4H,2,5-9H2. The monoisotopic (exact) mass is 196 g/mol. The summed E-state index contributed by atoms with van der Waals surface area (Å²) in [6.45, 7) is 4.57. The molecule has 0 aromatic heterocycles. The largest absolute Gasteiger partial charge is 0.379 e. The van der Waals surface area contributed by atoms with Crippen LogP contribution in [0.3, 0.4) is 0 Å². The van der Waals surface area contributed by atoms with Crippen molar-refractivity contribution in [3.8, 4) is 0 Å². The highest BCUT2D eigenvalue weighted by atomic mass is 19.1. The van der Waals surface area contributed by atoms with Gasteiger partial charge in [-0.05, 0) is 12.5 Å². The Labute approximate surface area is 84.0 Å². The van der Waals surface area contributed by atoms with Crippen LogP contribution in [0.5, 0.6) is 0 Å². The van der Waals surface area contributed by atoms with Gasteiger partial charge in [-0.3, -0.25) is 4.90 Å². The van der Waals surface area contributed by atoms with Crippen LogP contribution in [-0.2, 0) is 4.74 Å². The van der Waals surface area contributed by atoms with Crippen molar-refractivity contribution in [2.75, 3.05) is 32.8 Å². The Hall–Kier alpha value is -0.670. The number of nitrogens with zero attached hydrogens (tertiary/aromatic N) is 1. The molecule has 14 heavy (non-hydrogen) atoms. The number of rotatable bonds is 2. The minimum absolute atomic E-state index is 0.115. The van der Waals surface area contributed by atoms with Gasteiger partial charge in [0.05, 0.1) is 13.2 Å². The average Bonchev–Trinajstić information content (AvgIpc) is 2.23. The smallest absolute Gasteiger partial charge is 0.104 e. The third kappa shape index (κ3) is 2.66. The van der Waals surface area contributed by atoms with Gasteiger partial charge in [-0.2, -0.15) is 0 Å². The maximum atomic E-state index is 12.7. The normalized spacial score (nSPS) is 24.4. The zero-order valence-corrected chi connectivity index (χ0v) is 8.21. The molecule has 1 radical (unpaired) electrons.